The smallest absolute Gasteiger partial charge is 0.267 e. The van der Waals surface area contributed by atoms with Crippen molar-refractivity contribution in [1.29, 1.82) is 0 Å². The summed E-state index contributed by atoms with van der Waals surface area (Å²) in [6, 6.07) is 18.3. The van der Waals surface area contributed by atoms with Crippen molar-refractivity contribution in [2.75, 3.05) is 11.9 Å². The largest absolute Gasteiger partial charge is 0.480 e. The van der Waals surface area contributed by atoms with Gasteiger partial charge in [-0.3, -0.25) is 15.0 Å². The van der Waals surface area contributed by atoms with E-state index in [9.17, 15) is 4.79 Å². The van der Waals surface area contributed by atoms with Crippen LogP contribution in [0.4, 0.5) is 5.13 Å². The number of aromatic nitrogens is 1. The number of carbonyl (C=O) groups excluding carboxylic acids is 1. The second-order valence-corrected chi connectivity index (χ2v) is 8.33. The van der Waals surface area contributed by atoms with E-state index in [0.29, 0.717) is 11.6 Å². The molecule has 0 aliphatic carbocycles. The van der Waals surface area contributed by atoms with Crippen molar-refractivity contribution in [3.8, 4) is 5.75 Å². The fourth-order valence-electron chi connectivity index (χ4n) is 3.79. The van der Waals surface area contributed by atoms with Crippen molar-refractivity contribution in [3.05, 3.63) is 76.3 Å². The van der Waals surface area contributed by atoms with Gasteiger partial charge in [-0.15, -0.1) is 11.3 Å². The van der Waals surface area contributed by atoms with Crippen LogP contribution in [0.2, 0.25) is 0 Å². The number of amides is 1. The molecule has 0 bridgehead atoms. The molecule has 5 nitrogen and oxygen atoms in total. The Morgan fingerprint density at radius 2 is 2.00 bits per heavy atom. The quantitative estimate of drug-likeness (QED) is 0.738. The van der Waals surface area contributed by atoms with Crippen LogP contribution in [0.5, 0.6) is 5.75 Å². The third-order valence-electron chi connectivity index (χ3n) is 5.23. The second-order valence-electron chi connectivity index (χ2n) is 7.24. The first-order chi connectivity index (χ1) is 13.7. The number of hydrogen-bond donors (Lipinski definition) is 1. The number of carbonyl (C=O) groups is 1. The van der Waals surface area contributed by atoms with Crippen LogP contribution in [-0.2, 0) is 30.7 Å². The van der Waals surface area contributed by atoms with Crippen LogP contribution >= 0.6 is 11.3 Å². The average molecular weight is 391 g/mol. The highest BCUT2D eigenvalue weighted by Crippen LogP contribution is 2.31. The van der Waals surface area contributed by atoms with Gasteiger partial charge in [0.25, 0.3) is 5.91 Å². The lowest BCUT2D eigenvalue weighted by molar-refractivity contribution is -0.122. The number of benzene rings is 2. The Morgan fingerprint density at radius 1 is 1.18 bits per heavy atom. The van der Waals surface area contributed by atoms with Crippen molar-refractivity contribution in [2.24, 2.45) is 0 Å². The molecule has 2 aromatic carbocycles. The SMILES string of the molecule is O=C(Nc1nc2c(s1)CN(Cc1ccccc1)CC2)C1Cc2ccccc2O1. The van der Waals surface area contributed by atoms with Crippen LogP contribution in [0.3, 0.4) is 0 Å². The van der Waals surface area contributed by atoms with Gasteiger partial charge in [0, 0.05) is 37.4 Å². The van der Waals surface area contributed by atoms with E-state index in [4.69, 9.17) is 4.74 Å². The summed E-state index contributed by atoms with van der Waals surface area (Å²) >= 11 is 1.58. The van der Waals surface area contributed by atoms with Crippen molar-refractivity contribution >= 4 is 22.4 Å². The highest BCUT2D eigenvalue weighted by Gasteiger charge is 2.30. The predicted octanol–water partition coefficient (Wildman–Crippen LogP) is 3.64. The first-order valence-electron chi connectivity index (χ1n) is 9.55. The number of hydrogen-bond acceptors (Lipinski definition) is 5. The van der Waals surface area contributed by atoms with Gasteiger partial charge in [-0.25, -0.2) is 4.98 Å². The van der Waals surface area contributed by atoms with Gasteiger partial charge in [-0.05, 0) is 17.2 Å². The number of para-hydroxylation sites is 1. The third-order valence-corrected chi connectivity index (χ3v) is 6.23. The molecule has 1 N–H and O–H groups in total. The van der Waals surface area contributed by atoms with E-state index < -0.39 is 6.10 Å². The van der Waals surface area contributed by atoms with Crippen LogP contribution in [-0.4, -0.2) is 28.4 Å². The Hall–Kier alpha value is -2.70. The van der Waals surface area contributed by atoms with Crippen LogP contribution in [0, 0.1) is 0 Å². The van der Waals surface area contributed by atoms with Crippen LogP contribution < -0.4 is 10.1 Å². The van der Waals surface area contributed by atoms with Crippen molar-refractivity contribution < 1.29 is 9.53 Å². The van der Waals surface area contributed by atoms with E-state index in [1.54, 1.807) is 11.3 Å². The summed E-state index contributed by atoms with van der Waals surface area (Å²) in [7, 11) is 0. The van der Waals surface area contributed by atoms with Crippen LogP contribution in [0.1, 0.15) is 21.7 Å². The summed E-state index contributed by atoms with van der Waals surface area (Å²) in [5, 5.41) is 3.64. The van der Waals surface area contributed by atoms with E-state index in [2.05, 4.69) is 39.5 Å². The molecule has 3 aromatic rings. The molecule has 2 aliphatic rings. The lowest BCUT2D eigenvalue weighted by Crippen LogP contribution is -2.31. The molecular formula is C22H21N3O2S. The molecule has 1 aromatic heterocycles. The molecule has 28 heavy (non-hydrogen) atoms. The average Bonchev–Trinajstić information content (AvgIpc) is 3.32. The fourth-order valence-corrected chi connectivity index (χ4v) is 4.85. The monoisotopic (exact) mass is 391 g/mol. The Morgan fingerprint density at radius 3 is 2.86 bits per heavy atom. The highest BCUT2D eigenvalue weighted by atomic mass is 32.1. The number of fused-ring (bicyclic) bond motifs is 2. The fraction of sp³-hybridized carbons (Fsp3) is 0.273. The minimum atomic E-state index is -0.479. The standard InChI is InChI=1S/C22H21N3O2S/c26-21(19-12-16-8-4-5-9-18(16)27-19)24-22-23-17-10-11-25(14-20(17)28-22)13-15-6-2-1-3-7-15/h1-9,19H,10-14H2,(H,23,24,26). The number of nitrogens with zero attached hydrogens (tertiary/aromatic N) is 2. The van der Waals surface area contributed by atoms with E-state index in [1.165, 1.54) is 10.4 Å². The first kappa shape index (κ1) is 17.4. The molecule has 1 amide bonds. The molecule has 6 heteroatoms. The highest BCUT2D eigenvalue weighted by molar-refractivity contribution is 7.15. The third kappa shape index (κ3) is 3.53. The van der Waals surface area contributed by atoms with Gasteiger partial charge in [0.05, 0.1) is 5.69 Å². The summed E-state index contributed by atoms with van der Waals surface area (Å²) < 4.78 is 5.78. The second kappa shape index (κ2) is 7.37. The zero-order valence-corrected chi connectivity index (χ0v) is 16.2. The molecule has 5 rings (SSSR count). The van der Waals surface area contributed by atoms with Gasteiger partial charge >= 0.3 is 0 Å². The zero-order chi connectivity index (χ0) is 18.9. The van der Waals surface area contributed by atoms with Crippen molar-refractivity contribution in [2.45, 2.75) is 32.0 Å². The predicted molar refractivity (Wildman–Crippen MR) is 110 cm³/mol. The van der Waals surface area contributed by atoms with Gasteiger partial charge in [-0.2, -0.15) is 0 Å². The van der Waals surface area contributed by atoms with Gasteiger partial charge in [-0.1, -0.05) is 48.5 Å². The number of thiazole rings is 1. The summed E-state index contributed by atoms with van der Waals surface area (Å²) in [6.45, 7) is 2.80. The molecule has 142 valence electrons. The van der Waals surface area contributed by atoms with E-state index in [0.717, 1.165) is 43.1 Å². The van der Waals surface area contributed by atoms with Crippen LogP contribution in [0.15, 0.2) is 54.6 Å². The van der Waals surface area contributed by atoms with E-state index in [1.807, 2.05) is 30.3 Å². The van der Waals surface area contributed by atoms with Crippen molar-refractivity contribution in [1.82, 2.24) is 9.88 Å². The molecule has 3 heterocycles. The molecular weight excluding hydrogens is 370 g/mol. The van der Waals surface area contributed by atoms with Crippen LogP contribution in [0.25, 0.3) is 0 Å². The lowest BCUT2D eigenvalue weighted by atomic mass is 10.1. The number of ether oxygens (including phenoxy) is 1. The summed E-state index contributed by atoms with van der Waals surface area (Å²) in [4.78, 5) is 21.0. The van der Waals surface area contributed by atoms with Gasteiger partial charge in [0.2, 0.25) is 0 Å². The maximum Gasteiger partial charge on any atom is 0.267 e. The molecule has 1 atom stereocenters. The van der Waals surface area contributed by atoms with E-state index in [-0.39, 0.29) is 5.91 Å². The Labute approximate surface area is 168 Å². The molecule has 0 fully saturated rings. The number of anilines is 1. The Bertz CT molecular complexity index is 977. The van der Waals surface area contributed by atoms with Crippen molar-refractivity contribution in [3.63, 3.8) is 0 Å². The maximum absolute atomic E-state index is 12.6. The number of rotatable bonds is 4. The Kier molecular flexibility index (Phi) is 4.58. The minimum Gasteiger partial charge on any atom is -0.480 e. The normalized spacial score (nSPS) is 18.2. The van der Waals surface area contributed by atoms with Gasteiger partial charge < -0.3 is 4.74 Å². The Balaban J connectivity index is 1.22. The first-order valence-corrected chi connectivity index (χ1v) is 10.4. The molecule has 1 unspecified atom stereocenters. The molecule has 0 spiro atoms. The van der Waals surface area contributed by atoms with Gasteiger partial charge in [0.1, 0.15) is 5.75 Å². The molecule has 0 saturated heterocycles. The maximum atomic E-state index is 12.6. The summed E-state index contributed by atoms with van der Waals surface area (Å²) in [5.41, 5.74) is 3.51. The summed E-state index contributed by atoms with van der Waals surface area (Å²) in [5.74, 6) is 0.682. The van der Waals surface area contributed by atoms with Gasteiger partial charge in [0.15, 0.2) is 11.2 Å². The number of nitrogens with one attached hydrogen (secondary N) is 1. The minimum absolute atomic E-state index is 0.122. The molecule has 0 saturated carbocycles. The lowest BCUT2D eigenvalue weighted by Gasteiger charge is -2.25. The topological polar surface area (TPSA) is 54.5 Å². The molecule has 0 radical (unpaired) electrons. The van der Waals surface area contributed by atoms with E-state index >= 15 is 0 Å². The zero-order valence-electron chi connectivity index (χ0n) is 15.4. The molecule has 2 aliphatic heterocycles. The summed E-state index contributed by atoms with van der Waals surface area (Å²) in [6.07, 6.45) is 1.05.